The zero-order valence-electron chi connectivity index (χ0n) is 18.5. The van der Waals surface area contributed by atoms with Crippen molar-refractivity contribution in [1.29, 1.82) is 0 Å². The van der Waals surface area contributed by atoms with E-state index in [2.05, 4.69) is 0 Å². The van der Waals surface area contributed by atoms with Gasteiger partial charge < -0.3 is 9.84 Å². The van der Waals surface area contributed by atoms with E-state index < -0.39 is 17.7 Å². The molecule has 0 spiro atoms. The predicted octanol–water partition coefficient (Wildman–Crippen LogP) is 7.24. The van der Waals surface area contributed by atoms with Gasteiger partial charge >= 0.3 is 0 Å². The number of aliphatic hydroxyl groups is 1. The fraction of sp³-hybridized carbons (Fsp3) is 0.538. The Kier molecular flexibility index (Phi) is 8.42. The van der Waals surface area contributed by atoms with E-state index in [1.54, 1.807) is 19.1 Å². The van der Waals surface area contributed by atoms with Crippen molar-refractivity contribution in [2.75, 3.05) is 6.61 Å². The fourth-order valence-electron chi connectivity index (χ4n) is 4.66. The molecule has 0 radical (unpaired) electrons. The second kappa shape index (κ2) is 11.0. The van der Waals surface area contributed by atoms with Gasteiger partial charge in [0.15, 0.2) is 11.6 Å². The minimum absolute atomic E-state index is 0.0116. The highest BCUT2D eigenvalue weighted by molar-refractivity contribution is 5.33. The molecular weight excluding hydrogens is 401 g/mol. The van der Waals surface area contributed by atoms with Crippen LogP contribution in [0.2, 0.25) is 0 Å². The third-order valence-corrected chi connectivity index (χ3v) is 6.51. The number of rotatable bonds is 9. The smallest absolute Gasteiger partial charge is 0.200 e. The van der Waals surface area contributed by atoms with Crippen molar-refractivity contribution in [2.45, 2.75) is 77.2 Å². The molecule has 2 aromatic carbocycles. The van der Waals surface area contributed by atoms with Crippen molar-refractivity contribution in [1.82, 2.24) is 0 Å². The first-order valence-corrected chi connectivity index (χ1v) is 11.5. The van der Waals surface area contributed by atoms with E-state index in [0.717, 1.165) is 38.5 Å². The van der Waals surface area contributed by atoms with Gasteiger partial charge in [-0.3, -0.25) is 0 Å². The molecule has 0 aromatic heterocycles. The zero-order chi connectivity index (χ0) is 22.4. The van der Waals surface area contributed by atoms with Crippen LogP contribution in [-0.4, -0.2) is 11.7 Å². The van der Waals surface area contributed by atoms with Gasteiger partial charge in [0.25, 0.3) is 0 Å². The summed E-state index contributed by atoms with van der Waals surface area (Å²) in [6.07, 6.45) is 5.84. The van der Waals surface area contributed by atoms with Gasteiger partial charge in [-0.1, -0.05) is 31.5 Å². The van der Waals surface area contributed by atoms with Crippen molar-refractivity contribution in [3.8, 4) is 5.75 Å². The van der Waals surface area contributed by atoms with Crippen LogP contribution < -0.4 is 4.74 Å². The summed E-state index contributed by atoms with van der Waals surface area (Å²) in [5, 5.41) is 10.0. The van der Waals surface area contributed by atoms with Gasteiger partial charge in [0.05, 0.1) is 12.7 Å². The summed E-state index contributed by atoms with van der Waals surface area (Å²) in [7, 11) is 0. The lowest BCUT2D eigenvalue weighted by Gasteiger charge is -2.29. The fourth-order valence-corrected chi connectivity index (χ4v) is 4.66. The number of aliphatic hydroxyl groups excluding tert-OH is 1. The van der Waals surface area contributed by atoms with Gasteiger partial charge in [-0.25, -0.2) is 8.78 Å². The van der Waals surface area contributed by atoms with E-state index in [9.17, 15) is 18.3 Å². The molecule has 31 heavy (non-hydrogen) atoms. The monoisotopic (exact) mass is 434 g/mol. The van der Waals surface area contributed by atoms with E-state index in [-0.39, 0.29) is 17.5 Å². The Morgan fingerprint density at radius 2 is 1.74 bits per heavy atom. The summed E-state index contributed by atoms with van der Waals surface area (Å²) >= 11 is 0. The summed E-state index contributed by atoms with van der Waals surface area (Å²) in [5.74, 6) is -1.51. The molecule has 5 heteroatoms. The minimum Gasteiger partial charge on any atom is -0.491 e. The molecule has 0 aliphatic heterocycles. The third-order valence-electron chi connectivity index (χ3n) is 6.51. The Balaban J connectivity index is 1.53. The Morgan fingerprint density at radius 3 is 2.39 bits per heavy atom. The zero-order valence-corrected chi connectivity index (χ0v) is 18.5. The quantitative estimate of drug-likeness (QED) is 0.451. The topological polar surface area (TPSA) is 29.5 Å². The molecule has 0 heterocycles. The second-order valence-electron chi connectivity index (χ2n) is 8.63. The maximum Gasteiger partial charge on any atom is 0.200 e. The van der Waals surface area contributed by atoms with Gasteiger partial charge in [-0.2, -0.15) is 4.39 Å². The average Bonchev–Trinajstić information content (AvgIpc) is 2.77. The van der Waals surface area contributed by atoms with Crippen LogP contribution in [0.15, 0.2) is 30.3 Å². The lowest BCUT2D eigenvalue weighted by atomic mass is 9.76. The number of ether oxygens (including phenoxy) is 1. The van der Waals surface area contributed by atoms with Crippen molar-refractivity contribution in [2.24, 2.45) is 5.92 Å². The van der Waals surface area contributed by atoms with Crippen molar-refractivity contribution >= 4 is 0 Å². The molecule has 1 unspecified atom stereocenters. The molecule has 0 saturated heterocycles. The maximum atomic E-state index is 14.5. The molecule has 1 atom stereocenters. The Morgan fingerprint density at radius 1 is 1.00 bits per heavy atom. The number of halogens is 3. The molecule has 0 amide bonds. The van der Waals surface area contributed by atoms with Crippen LogP contribution in [0.3, 0.4) is 0 Å². The number of benzene rings is 2. The second-order valence-corrected chi connectivity index (χ2v) is 8.63. The van der Waals surface area contributed by atoms with Gasteiger partial charge in [0.1, 0.15) is 5.82 Å². The van der Waals surface area contributed by atoms with E-state index >= 15 is 0 Å². The first kappa shape index (κ1) is 23.6. The van der Waals surface area contributed by atoms with Crippen LogP contribution >= 0.6 is 0 Å². The van der Waals surface area contributed by atoms with Crippen LogP contribution in [0.1, 0.15) is 87.5 Å². The summed E-state index contributed by atoms with van der Waals surface area (Å²) in [5.41, 5.74) is 1.74. The lowest BCUT2D eigenvalue weighted by molar-refractivity contribution is 0.166. The average molecular weight is 435 g/mol. The van der Waals surface area contributed by atoms with Crippen LogP contribution in [0.25, 0.3) is 0 Å². The standard InChI is InChI=1S/C26H33F3O2/c1-3-5-23(30)20-13-12-19(22(27)16-20)11-8-17-6-9-18(10-7-17)21-14-15-24(31-4-2)26(29)25(21)28/h12-18,23,30H,3-11H2,1-2H3. The molecule has 1 fully saturated rings. The largest absolute Gasteiger partial charge is 0.491 e. The van der Waals surface area contributed by atoms with Gasteiger partial charge in [0, 0.05) is 0 Å². The lowest BCUT2D eigenvalue weighted by Crippen LogP contribution is -2.16. The SMILES string of the molecule is CCCC(O)c1ccc(CCC2CCC(c3ccc(OCC)c(F)c3F)CC2)c(F)c1. The van der Waals surface area contributed by atoms with Gasteiger partial charge in [0.2, 0.25) is 5.82 Å². The van der Waals surface area contributed by atoms with Gasteiger partial charge in [-0.15, -0.1) is 0 Å². The Bertz CT molecular complexity index is 860. The Hall–Kier alpha value is -2.01. The summed E-state index contributed by atoms with van der Waals surface area (Å²) in [6.45, 7) is 4.02. The summed E-state index contributed by atoms with van der Waals surface area (Å²) in [6, 6.07) is 8.23. The normalized spacial score (nSPS) is 19.9. The molecule has 1 N–H and O–H groups in total. The summed E-state index contributed by atoms with van der Waals surface area (Å²) < 4.78 is 48.3. The van der Waals surface area contributed by atoms with Crippen molar-refractivity contribution < 1.29 is 23.0 Å². The van der Waals surface area contributed by atoms with Crippen molar-refractivity contribution in [3.05, 3.63) is 64.5 Å². The molecule has 1 aliphatic rings. The summed E-state index contributed by atoms with van der Waals surface area (Å²) in [4.78, 5) is 0. The highest BCUT2D eigenvalue weighted by atomic mass is 19.2. The Labute approximate surface area is 183 Å². The highest BCUT2D eigenvalue weighted by Crippen LogP contribution is 2.40. The molecule has 2 nitrogen and oxygen atoms in total. The first-order valence-electron chi connectivity index (χ1n) is 11.5. The highest BCUT2D eigenvalue weighted by Gasteiger charge is 2.26. The third kappa shape index (κ3) is 5.82. The molecule has 0 bridgehead atoms. The van der Waals surface area contributed by atoms with E-state index in [1.807, 2.05) is 13.0 Å². The minimum atomic E-state index is -0.899. The molecular formula is C26H33F3O2. The molecule has 1 aliphatic carbocycles. The molecule has 1 saturated carbocycles. The van der Waals surface area contributed by atoms with E-state index in [0.29, 0.717) is 42.1 Å². The van der Waals surface area contributed by atoms with Crippen LogP contribution in [0.5, 0.6) is 5.75 Å². The maximum absolute atomic E-state index is 14.5. The van der Waals surface area contributed by atoms with E-state index in [1.165, 1.54) is 12.1 Å². The van der Waals surface area contributed by atoms with Crippen LogP contribution in [0.4, 0.5) is 13.2 Å². The number of aryl methyl sites for hydroxylation is 1. The first-order chi connectivity index (χ1) is 14.9. The predicted molar refractivity (Wildman–Crippen MR) is 117 cm³/mol. The van der Waals surface area contributed by atoms with Gasteiger partial charge in [-0.05, 0) is 92.5 Å². The number of hydrogen-bond donors (Lipinski definition) is 1. The van der Waals surface area contributed by atoms with Crippen molar-refractivity contribution in [3.63, 3.8) is 0 Å². The number of hydrogen-bond acceptors (Lipinski definition) is 2. The van der Waals surface area contributed by atoms with Crippen LogP contribution in [0, 0.1) is 23.4 Å². The van der Waals surface area contributed by atoms with E-state index in [4.69, 9.17) is 4.74 Å². The van der Waals surface area contributed by atoms with Crippen LogP contribution in [-0.2, 0) is 6.42 Å². The molecule has 2 aromatic rings. The molecule has 3 rings (SSSR count). The molecule has 170 valence electrons.